The van der Waals surface area contributed by atoms with Crippen LogP contribution in [0.5, 0.6) is 5.75 Å². The van der Waals surface area contributed by atoms with Gasteiger partial charge in [-0.25, -0.2) is 4.39 Å². The molecule has 176 valence electrons. The van der Waals surface area contributed by atoms with Gasteiger partial charge in [-0.1, -0.05) is 0 Å². The highest BCUT2D eigenvalue weighted by Crippen LogP contribution is 2.35. The van der Waals surface area contributed by atoms with E-state index in [1.165, 1.54) is 4.90 Å². The number of hydrogen-bond acceptors (Lipinski definition) is 6. The van der Waals surface area contributed by atoms with Gasteiger partial charge in [0.2, 0.25) is 0 Å². The van der Waals surface area contributed by atoms with Crippen LogP contribution in [0.1, 0.15) is 31.0 Å². The predicted octanol–water partition coefficient (Wildman–Crippen LogP) is 5.15. The van der Waals surface area contributed by atoms with Crippen molar-refractivity contribution in [2.75, 3.05) is 39.1 Å². The minimum absolute atomic E-state index is 0.158. The van der Waals surface area contributed by atoms with E-state index < -0.39 is 6.17 Å². The average Bonchev–Trinajstić information content (AvgIpc) is 2.87. The number of aromatic nitrogens is 2. The molecule has 0 bridgehead atoms. The van der Waals surface area contributed by atoms with Crippen molar-refractivity contribution in [2.45, 2.75) is 30.3 Å². The maximum Gasteiger partial charge on any atom is 0.126 e. The number of rotatable bonds is 10. The number of fused-ring (bicyclic) bond motifs is 1. The first-order chi connectivity index (χ1) is 16.2. The molecular formula is C26H32FN3O2S. The number of piperidine rings is 1. The van der Waals surface area contributed by atoms with Crippen molar-refractivity contribution < 1.29 is 14.2 Å². The number of pyridine rings is 2. The largest absolute Gasteiger partial charge is 0.497 e. The van der Waals surface area contributed by atoms with E-state index in [2.05, 4.69) is 14.9 Å². The maximum atomic E-state index is 15.3. The molecule has 4 rings (SSSR count). The summed E-state index contributed by atoms with van der Waals surface area (Å²) in [6.07, 6.45) is 6.49. The molecule has 2 aromatic heterocycles. The molecule has 1 aromatic carbocycles. The number of halogens is 1. The van der Waals surface area contributed by atoms with Gasteiger partial charge in [-0.3, -0.25) is 9.97 Å². The highest BCUT2D eigenvalue weighted by Gasteiger charge is 2.29. The van der Waals surface area contributed by atoms with Crippen LogP contribution >= 0.6 is 11.8 Å². The Morgan fingerprint density at radius 2 is 2.03 bits per heavy atom. The first kappa shape index (κ1) is 23.9. The molecule has 7 heteroatoms. The van der Waals surface area contributed by atoms with Crippen molar-refractivity contribution in [3.05, 3.63) is 60.6 Å². The van der Waals surface area contributed by atoms with Crippen LogP contribution in [0.15, 0.2) is 59.9 Å². The number of benzene rings is 1. The number of likely N-dealkylation sites (tertiary alicyclic amines) is 1. The molecule has 3 aromatic rings. The Hall–Kier alpha value is -2.22. The Morgan fingerprint density at radius 1 is 1.18 bits per heavy atom. The monoisotopic (exact) mass is 469 g/mol. The molecular weight excluding hydrogens is 437 g/mol. The summed E-state index contributed by atoms with van der Waals surface area (Å²) in [5.41, 5.74) is 1.45. The molecule has 0 radical (unpaired) electrons. The Labute approximate surface area is 199 Å². The molecule has 3 heterocycles. The molecule has 1 N–H and O–H groups in total. The molecule has 0 unspecified atom stereocenters. The molecule has 1 saturated heterocycles. The minimum Gasteiger partial charge on any atom is -0.497 e. The fourth-order valence-electron chi connectivity index (χ4n) is 4.74. The SMILES string of the molecule is COc1ccc2nccc([C@@H](F)CC[C@@H]3CCN(CCSc4ccncc4)C[C@@H]3CO)c2c1. The van der Waals surface area contributed by atoms with E-state index in [4.69, 9.17) is 4.74 Å². The normalized spacial score (nSPS) is 20.1. The van der Waals surface area contributed by atoms with Gasteiger partial charge < -0.3 is 14.7 Å². The lowest BCUT2D eigenvalue weighted by molar-refractivity contribution is 0.0672. The first-order valence-corrected chi connectivity index (χ1v) is 12.6. The molecule has 0 spiro atoms. The van der Waals surface area contributed by atoms with E-state index in [1.807, 2.05) is 54.5 Å². The predicted molar refractivity (Wildman–Crippen MR) is 131 cm³/mol. The molecule has 0 saturated carbocycles. The zero-order valence-corrected chi connectivity index (χ0v) is 19.9. The zero-order chi connectivity index (χ0) is 23.0. The lowest BCUT2D eigenvalue weighted by Crippen LogP contribution is -2.43. The van der Waals surface area contributed by atoms with E-state index in [1.54, 1.807) is 19.4 Å². The summed E-state index contributed by atoms with van der Waals surface area (Å²) < 4.78 is 20.7. The van der Waals surface area contributed by atoms with E-state index in [-0.39, 0.29) is 12.5 Å². The van der Waals surface area contributed by atoms with Gasteiger partial charge in [0.15, 0.2) is 0 Å². The molecule has 5 nitrogen and oxygen atoms in total. The number of nitrogens with zero attached hydrogens (tertiary/aromatic N) is 3. The molecule has 0 aliphatic carbocycles. The topological polar surface area (TPSA) is 58.5 Å². The van der Waals surface area contributed by atoms with Crippen molar-refractivity contribution in [1.82, 2.24) is 14.9 Å². The summed E-state index contributed by atoms with van der Waals surface area (Å²) in [4.78, 5) is 12.1. The molecule has 1 fully saturated rings. The number of hydrogen-bond donors (Lipinski definition) is 1. The van der Waals surface area contributed by atoms with Crippen LogP contribution < -0.4 is 4.74 Å². The fourth-order valence-corrected chi connectivity index (χ4v) is 5.64. The summed E-state index contributed by atoms with van der Waals surface area (Å²) >= 11 is 1.83. The van der Waals surface area contributed by atoms with Gasteiger partial charge in [0, 0.05) is 54.3 Å². The van der Waals surface area contributed by atoms with E-state index in [0.717, 1.165) is 49.1 Å². The zero-order valence-electron chi connectivity index (χ0n) is 19.1. The summed E-state index contributed by atoms with van der Waals surface area (Å²) in [6, 6.07) is 11.4. The lowest BCUT2D eigenvalue weighted by Gasteiger charge is -2.38. The second-order valence-electron chi connectivity index (χ2n) is 8.65. The molecule has 1 aliphatic heterocycles. The van der Waals surface area contributed by atoms with Crippen LogP contribution in [0.4, 0.5) is 4.39 Å². The molecule has 33 heavy (non-hydrogen) atoms. The molecule has 1 aliphatic rings. The number of ether oxygens (including phenoxy) is 1. The third-order valence-electron chi connectivity index (χ3n) is 6.65. The fraction of sp³-hybridized carbons (Fsp3) is 0.462. The van der Waals surface area contributed by atoms with Gasteiger partial charge in [-0.05, 0) is 79.6 Å². The standard InChI is InChI=1S/C26H32FN3O2S/c1-32-21-3-5-26-24(16-21)23(8-12-29-26)25(27)4-2-19-9-13-30(17-20(19)18-31)14-15-33-22-6-10-28-11-7-22/h3,5-8,10-12,16,19-20,25,31H,2,4,9,13-15,17-18H2,1H3/t19-,20-,25+/m1/s1. The summed E-state index contributed by atoms with van der Waals surface area (Å²) in [5.74, 6) is 2.27. The van der Waals surface area contributed by atoms with Crippen LogP contribution in [0.3, 0.4) is 0 Å². The highest BCUT2D eigenvalue weighted by atomic mass is 32.2. The minimum atomic E-state index is -1.06. The van der Waals surface area contributed by atoms with Crippen LogP contribution in [0, 0.1) is 11.8 Å². The Morgan fingerprint density at radius 3 is 2.82 bits per heavy atom. The average molecular weight is 470 g/mol. The van der Waals surface area contributed by atoms with Crippen LogP contribution in [-0.4, -0.2) is 59.1 Å². The van der Waals surface area contributed by atoms with Gasteiger partial charge in [0.25, 0.3) is 0 Å². The second-order valence-corrected chi connectivity index (χ2v) is 9.82. The van der Waals surface area contributed by atoms with Gasteiger partial charge in [-0.15, -0.1) is 11.8 Å². The van der Waals surface area contributed by atoms with Crippen molar-refractivity contribution >= 4 is 22.7 Å². The van der Waals surface area contributed by atoms with Gasteiger partial charge in [0.05, 0.1) is 12.6 Å². The van der Waals surface area contributed by atoms with Crippen LogP contribution in [0.25, 0.3) is 10.9 Å². The van der Waals surface area contributed by atoms with Gasteiger partial charge in [-0.2, -0.15) is 0 Å². The molecule has 3 atom stereocenters. The lowest BCUT2D eigenvalue weighted by atomic mass is 9.81. The van der Waals surface area contributed by atoms with Gasteiger partial charge in [0.1, 0.15) is 11.9 Å². The van der Waals surface area contributed by atoms with E-state index in [0.29, 0.717) is 23.7 Å². The summed E-state index contributed by atoms with van der Waals surface area (Å²) in [7, 11) is 1.61. The Kier molecular flexibility index (Phi) is 8.53. The highest BCUT2D eigenvalue weighted by molar-refractivity contribution is 7.99. The smallest absolute Gasteiger partial charge is 0.126 e. The van der Waals surface area contributed by atoms with Crippen molar-refractivity contribution in [3.63, 3.8) is 0 Å². The molecule has 0 amide bonds. The van der Waals surface area contributed by atoms with E-state index in [9.17, 15) is 5.11 Å². The summed E-state index contributed by atoms with van der Waals surface area (Å²) in [6.45, 7) is 3.03. The Bertz CT molecular complexity index is 1020. The number of alkyl halides is 1. The maximum absolute atomic E-state index is 15.3. The third-order valence-corrected chi connectivity index (χ3v) is 7.64. The van der Waals surface area contributed by atoms with E-state index >= 15 is 4.39 Å². The summed E-state index contributed by atoms with van der Waals surface area (Å²) in [5, 5.41) is 10.8. The quantitative estimate of drug-likeness (QED) is 0.414. The number of thioether (sulfide) groups is 1. The van der Waals surface area contributed by atoms with Gasteiger partial charge >= 0.3 is 0 Å². The van der Waals surface area contributed by atoms with Crippen molar-refractivity contribution in [2.24, 2.45) is 11.8 Å². The van der Waals surface area contributed by atoms with Crippen molar-refractivity contribution in [1.29, 1.82) is 0 Å². The second kappa shape index (κ2) is 11.8. The number of aliphatic hydroxyl groups is 1. The first-order valence-electron chi connectivity index (χ1n) is 11.6. The van der Waals surface area contributed by atoms with Crippen LogP contribution in [-0.2, 0) is 0 Å². The Balaban J connectivity index is 1.30. The van der Waals surface area contributed by atoms with Crippen LogP contribution in [0.2, 0.25) is 0 Å². The van der Waals surface area contributed by atoms with Crippen molar-refractivity contribution in [3.8, 4) is 5.75 Å². The number of aliphatic hydroxyl groups excluding tert-OH is 1. The number of methoxy groups -OCH3 is 1. The third kappa shape index (κ3) is 6.22.